The van der Waals surface area contributed by atoms with E-state index in [4.69, 9.17) is 5.26 Å². The summed E-state index contributed by atoms with van der Waals surface area (Å²) < 4.78 is 0. The number of amides is 2. The van der Waals surface area contributed by atoms with Crippen LogP contribution in [0.25, 0.3) is 0 Å². The van der Waals surface area contributed by atoms with E-state index in [0.29, 0.717) is 6.54 Å². The SMILES string of the molecule is CCN(C)C(=O)CNC(=O)C(C)C#N. The van der Waals surface area contributed by atoms with Crippen LogP contribution in [0, 0.1) is 17.2 Å². The fourth-order valence-electron chi connectivity index (χ4n) is 0.686. The van der Waals surface area contributed by atoms with Crippen molar-refractivity contribution in [3.05, 3.63) is 0 Å². The molecule has 0 saturated carbocycles. The van der Waals surface area contributed by atoms with Gasteiger partial charge in [-0.25, -0.2) is 0 Å². The molecule has 0 aromatic rings. The van der Waals surface area contributed by atoms with Crippen LogP contribution in [0.5, 0.6) is 0 Å². The Morgan fingerprint density at radius 2 is 2.14 bits per heavy atom. The number of nitrogens with one attached hydrogen (secondary N) is 1. The second kappa shape index (κ2) is 5.97. The topological polar surface area (TPSA) is 73.2 Å². The van der Waals surface area contributed by atoms with E-state index in [2.05, 4.69) is 5.32 Å². The molecule has 0 rings (SSSR count). The molecule has 14 heavy (non-hydrogen) atoms. The van der Waals surface area contributed by atoms with E-state index < -0.39 is 11.8 Å². The van der Waals surface area contributed by atoms with Crippen LogP contribution in [-0.2, 0) is 9.59 Å². The first-order chi connectivity index (χ1) is 6.52. The Bertz CT molecular complexity index is 257. The smallest absolute Gasteiger partial charge is 0.241 e. The Balaban J connectivity index is 3.90. The van der Waals surface area contributed by atoms with Gasteiger partial charge >= 0.3 is 0 Å². The minimum Gasteiger partial charge on any atom is -0.346 e. The second-order valence-corrected chi connectivity index (χ2v) is 2.98. The molecule has 0 radical (unpaired) electrons. The lowest BCUT2D eigenvalue weighted by Crippen LogP contribution is -2.39. The third-order valence-corrected chi connectivity index (χ3v) is 1.90. The van der Waals surface area contributed by atoms with Crippen molar-refractivity contribution in [2.24, 2.45) is 5.92 Å². The van der Waals surface area contributed by atoms with Crippen LogP contribution >= 0.6 is 0 Å². The summed E-state index contributed by atoms with van der Waals surface area (Å²) in [5.74, 6) is -1.29. The Morgan fingerprint density at radius 1 is 1.57 bits per heavy atom. The molecule has 0 aliphatic rings. The predicted octanol–water partition coefficient (Wildman–Crippen LogP) is -0.259. The van der Waals surface area contributed by atoms with Crippen molar-refractivity contribution < 1.29 is 9.59 Å². The number of carbonyl (C=O) groups is 2. The molecule has 0 aromatic carbocycles. The van der Waals surface area contributed by atoms with Gasteiger partial charge < -0.3 is 10.2 Å². The second-order valence-electron chi connectivity index (χ2n) is 2.98. The number of nitriles is 1. The maximum atomic E-state index is 11.2. The number of hydrogen-bond donors (Lipinski definition) is 1. The van der Waals surface area contributed by atoms with Crippen molar-refractivity contribution in [2.75, 3.05) is 20.1 Å². The van der Waals surface area contributed by atoms with Gasteiger partial charge in [0.05, 0.1) is 12.6 Å². The summed E-state index contributed by atoms with van der Waals surface area (Å²) >= 11 is 0. The summed E-state index contributed by atoms with van der Waals surface area (Å²) in [4.78, 5) is 23.8. The van der Waals surface area contributed by atoms with Crippen molar-refractivity contribution in [2.45, 2.75) is 13.8 Å². The van der Waals surface area contributed by atoms with Crippen molar-refractivity contribution in [3.63, 3.8) is 0 Å². The van der Waals surface area contributed by atoms with Gasteiger partial charge in [0.25, 0.3) is 0 Å². The average Bonchev–Trinajstić information content (AvgIpc) is 2.22. The van der Waals surface area contributed by atoms with E-state index in [0.717, 1.165) is 0 Å². The Labute approximate surface area is 83.7 Å². The number of hydrogen-bond acceptors (Lipinski definition) is 3. The van der Waals surface area contributed by atoms with Crippen LogP contribution in [-0.4, -0.2) is 36.9 Å². The molecule has 1 atom stereocenters. The monoisotopic (exact) mass is 197 g/mol. The van der Waals surface area contributed by atoms with Crippen LogP contribution in [0.4, 0.5) is 0 Å². The number of nitrogens with zero attached hydrogens (tertiary/aromatic N) is 2. The third kappa shape index (κ3) is 3.90. The predicted molar refractivity (Wildman–Crippen MR) is 51.1 cm³/mol. The average molecular weight is 197 g/mol. The lowest BCUT2D eigenvalue weighted by atomic mass is 10.2. The molecular formula is C9H15N3O2. The maximum absolute atomic E-state index is 11.2. The van der Waals surface area contributed by atoms with Crippen LogP contribution in [0.15, 0.2) is 0 Å². The van der Waals surface area contributed by atoms with Gasteiger partial charge in [-0.2, -0.15) is 5.26 Å². The largest absolute Gasteiger partial charge is 0.346 e. The van der Waals surface area contributed by atoms with Crippen LogP contribution < -0.4 is 5.32 Å². The van der Waals surface area contributed by atoms with Crippen molar-refractivity contribution in [3.8, 4) is 6.07 Å². The van der Waals surface area contributed by atoms with E-state index in [9.17, 15) is 9.59 Å². The van der Waals surface area contributed by atoms with Crippen LogP contribution in [0.1, 0.15) is 13.8 Å². The van der Waals surface area contributed by atoms with Gasteiger partial charge in [-0.05, 0) is 13.8 Å². The summed E-state index contributed by atoms with van der Waals surface area (Å²) in [5, 5.41) is 10.8. The summed E-state index contributed by atoms with van der Waals surface area (Å²) in [5.41, 5.74) is 0. The maximum Gasteiger partial charge on any atom is 0.241 e. The Morgan fingerprint density at radius 3 is 2.57 bits per heavy atom. The van der Waals surface area contributed by atoms with E-state index in [1.807, 2.05) is 6.92 Å². The molecule has 5 heteroatoms. The molecule has 0 aromatic heterocycles. The highest BCUT2D eigenvalue weighted by Crippen LogP contribution is 1.90. The zero-order valence-electron chi connectivity index (χ0n) is 8.70. The molecule has 0 bridgehead atoms. The van der Waals surface area contributed by atoms with Gasteiger partial charge in [0, 0.05) is 13.6 Å². The van der Waals surface area contributed by atoms with E-state index >= 15 is 0 Å². The normalized spacial score (nSPS) is 11.3. The lowest BCUT2D eigenvalue weighted by molar-refractivity contribution is -0.132. The van der Waals surface area contributed by atoms with E-state index in [1.54, 1.807) is 13.1 Å². The molecule has 78 valence electrons. The van der Waals surface area contributed by atoms with Crippen molar-refractivity contribution in [1.29, 1.82) is 5.26 Å². The minimum atomic E-state index is -0.713. The molecule has 0 aliphatic carbocycles. The fraction of sp³-hybridized carbons (Fsp3) is 0.667. The zero-order chi connectivity index (χ0) is 11.1. The van der Waals surface area contributed by atoms with Gasteiger partial charge in [-0.1, -0.05) is 0 Å². The number of likely N-dealkylation sites (N-methyl/N-ethyl adjacent to an activating group) is 1. The van der Waals surface area contributed by atoms with Gasteiger partial charge in [0.1, 0.15) is 5.92 Å². The molecule has 1 N–H and O–H groups in total. The van der Waals surface area contributed by atoms with Crippen molar-refractivity contribution in [1.82, 2.24) is 10.2 Å². The van der Waals surface area contributed by atoms with Crippen LogP contribution in [0.3, 0.4) is 0 Å². The molecular weight excluding hydrogens is 182 g/mol. The standard InChI is InChI=1S/C9H15N3O2/c1-4-12(3)8(13)6-11-9(14)7(2)5-10/h7H,4,6H2,1-3H3,(H,11,14). The molecule has 0 saturated heterocycles. The zero-order valence-corrected chi connectivity index (χ0v) is 8.70. The molecule has 0 fully saturated rings. The summed E-state index contributed by atoms with van der Waals surface area (Å²) in [6.07, 6.45) is 0. The molecule has 1 unspecified atom stereocenters. The highest BCUT2D eigenvalue weighted by atomic mass is 16.2. The third-order valence-electron chi connectivity index (χ3n) is 1.90. The summed E-state index contributed by atoms with van der Waals surface area (Å²) in [6.45, 7) is 3.89. The van der Waals surface area contributed by atoms with Gasteiger partial charge in [0.2, 0.25) is 11.8 Å². The summed E-state index contributed by atoms with van der Waals surface area (Å²) in [7, 11) is 1.65. The number of carbonyl (C=O) groups excluding carboxylic acids is 2. The van der Waals surface area contributed by atoms with Crippen molar-refractivity contribution >= 4 is 11.8 Å². The first-order valence-electron chi connectivity index (χ1n) is 4.44. The first-order valence-corrected chi connectivity index (χ1v) is 4.44. The minimum absolute atomic E-state index is 0.0464. The summed E-state index contributed by atoms with van der Waals surface area (Å²) in [6, 6.07) is 1.79. The van der Waals surface area contributed by atoms with Crippen LogP contribution in [0.2, 0.25) is 0 Å². The molecule has 0 heterocycles. The van der Waals surface area contributed by atoms with Gasteiger partial charge in [-0.15, -0.1) is 0 Å². The Kier molecular flexibility index (Phi) is 5.30. The van der Waals surface area contributed by atoms with E-state index in [1.165, 1.54) is 11.8 Å². The quantitative estimate of drug-likeness (QED) is 0.674. The Hall–Kier alpha value is -1.57. The molecule has 2 amide bonds. The highest BCUT2D eigenvalue weighted by Gasteiger charge is 2.13. The van der Waals surface area contributed by atoms with Gasteiger partial charge in [-0.3, -0.25) is 9.59 Å². The fourth-order valence-corrected chi connectivity index (χ4v) is 0.686. The first kappa shape index (κ1) is 12.4. The molecule has 5 nitrogen and oxygen atoms in total. The van der Waals surface area contributed by atoms with Gasteiger partial charge in [0.15, 0.2) is 0 Å². The molecule has 0 aliphatic heterocycles. The lowest BCUT2D eigenvalue weighted by Gasteiger charge is -2.14. The van der Waals surface area contributed by atoms with E-state index in [-0.39, 0.29) is 12.5 Å². The molecule has 0 spiro atoms. The number of rotatable bonds is 4. The highest BCUT2D eigenvalue weighted by molar-refractivity contribution is 5.86.